The molecule has 2 heterocycles. The summed E-state index contributed by atoms with van der Waals surface area (Å²) in [6.07, 6.45) is 0.500. The van der Waals surface area contributed by atoms with Gasteiger partial charge in [-0.3, -0.25) is 10.1 Å². The summed E-state index contributed by atoms with van der Waals surface area (Å²) >= 11 is 0. The Morgan fingerprint density at radius 2 is 1.88 bits per heavy atom. The van der Waals surface area contributed by atoms with E-state index in [1.807, 2.05) is 24.3 Å². The number of esters is 1. The molecule has 2 aromatic heterocycles. The third kappa shape index (κ3) is 4.65. The summed E-state index contributed by atoms with van der Waals surface area (Å²) in [7, 11) is 0. The Morgan fingerprint density at radius 3 is 2.61 bits per heavy atom. The summed E-state index contributed by atoms with van der Waals surface area (Å²) in [5.41, 5.74) is 2.21. The van der Waals surface area contributed by atoms with Crippen molar-refractivity contribution in [2.45, 2.75) is 13.3 Å². The third-order valence-electron chi connectivity index (χ3n) is 4.83. The monoisotopic (exact) mass is 448 g/mol. The molecule has 1 N–H and O–H groups in total. The Kier molecular flexibility index (Phi) is 6.27. The van der Waals surface area contributed by atoms with Crippen molar-refractivity contribution in [2.24, 2.45) is 0 Å². The predicted molar refractivity (Wildman–Crippen MR) is 118 cm³/mol. The number of benzene rings is 2. The number of imidazole rings is 1. The molecule has 4 rings (SSSR count). The first kappa shape index (κ1) is 21.9. The van der Waals surface area contributed by atoms with E-state index in [-0.39, 0.29) is 23.7 Å². The standard InChI is InChI=1S/C23H20N4O6/c1-15-22(23(29)33-17-9-7-16(8-10-17)27(30)31)26-21(24-15)12-11-19(25-26)18-5-2-3-6-20(18)32-14-4-13-28/h2-3,5-12,28H,4,13-14H2,1H3. The Hall–Kier alpha value is -4.31. The average molecular weight is 448 g/mol. The lowest BCUT2D eigenvalue weighted by Crippen LogP contribution is -2.14. The zero-order valence-corrected chi connectivity index (χ0v) is 17.7. The number of nitro groups is 1. The number of hydrogen-bond donors (Lipinski definition) is 1. The first-order valence-electron chi connectivity index (χ1n) is 10.1. The fourth-order valence-corrected chi connectivity index (χ4v) is 3.26. The molecule has 0 unspecified atom stereocenters. The highest BCUT2D eigenvalue weighted by molar-refractivity contribution is 5.91. The number of hydrogen-bond acceptors (Lipinski definition) is 8. The van der Waals surface area contributed by atoms with Crippen LogP contribution < -0.4 is 9.47 Å². The molecule has 0 aliphatic heterocycles. The van der Waals surface area contributed by atoms with Crippen LogP contribution in [-0.4, -0.2) is 43.8 Å². The van der Waals surface area contributed by atoms with Crippen molar-refractivity contribution in [3.8, 4) is 22.8 Å². The Balaban J connectivity index is 1.67. The quantitative estimate of drug-likeness (QED) is 0.142. The van der Waals surface area contributed by atoms with Crippen LogP contribution in [0.2, 0.25) is 0 Å². The van der Waals surface area contributed by atoms with Gasteiger partial charge in [-0.15, -0.1) is 0 Å². The van der Waals surface area contributed by atoms with Gasteiger partial charge >= 0.3 is 5.97 Å². The van der Waals surface area contributed by atoms with Crippen molar-refractivity contribution in [2.75, 3.05) is 13.2 Å². The van der Waals surface area contributed by atoms with Crippen LogP contribution in [0.5, 0.6) is 11.5 Å². The molecule has 0 aliphatic rings. The molecule has 4 aromatic rings. The molecule has 168 valence electrons. The topological polar surface area (TPSA) is 129 Å². The summed E-state index contributed by atoms with van der Waals surface area (Å²) in [4.78, 5) is 27.6. The second-order valence-electron chi connectivity index (χ2n) is 7.10. The first-order chi connectivity index (χ1) is 16.0. The Morgan fingerprint density at radius 1 is 1.12 bits per heavy atom. The van der Waals surface area contributed by atoms with Gasteiger partial charge in [0.25, 0.3) is 5.69 Å². The van der Waals surface area contributed by atoms with Gasteiger partial charge in [-0.05, 0) is 43.3 Å². The number of nitro benzene ring substituents is 1. The summed E-state index contributed by atoms with van der Waals surface area (Å²) in [6.45, 7) is 2.06. The molecular formula is C23H20N4O6. The molecule has 33 heavy (non-hydrogen) atoms. The number of nitrogens with zero attached hydrogens (tertiary/aromatic N) is 4. The van der Waals surface area contributed by atoms with Crippen molar-refractivity contribution >= 4 is 17.3 Å². The molecule has 0 saturated heterocycles. The summed E-state index contributed by atoms with van der Waals surface area (Å²) in [5, 5.41) is 24.4. The minimum atomic E-state index is -0.689. The van der Waals surface area contributed by atoms with Gasteiger partial charge in [0.05, 0.1) is 22.9 Å². The van der Waals surface area contributed by atoms with E-state index in [2.05, 4.69) is 10.1 Å². The van der Waals surface area contributed by atoms with E-state index in [9.17, 15) is 14.9 Å². The van der Waals surface area contributed by atoms with E-state index in [1.54, 1.807) is 19.1 Å². The van der Waals surface area contributed by atoms with Crippen LogP contribution in [0.15, 0.2) is 60.7 Å². The lowest BCUT2D eigenvalue weighted by molar-refractivity contribution is -0.384. The second-order valence-corrected chi connectivity index (χ2v) is 7.10. The molecule has 0 spiro atoms. The van der Waals surface area contributed by atoms with Gasteiger partial charge in [-0.2, -0.15) is 5.10 Å². The van der Waals surface area contributed by atoms with Crippen LogP contribution in [0.4, 0.5) is 5.69 Å². The molecule has 0 aliphatic carbocycles. The lowest BCUT2D eigenvalue weighted by atomic mass is 10.1. The van der Waals surface area contributed by atoms with Crippen molar-refractivity contribution in [3.05, 3.63) is 82.2 Å². The SMILES string of the molecule is Cc1nc2ccc(-c3ccccc3OCCCO)nn2c1C(=O)Oc1ccc([N+](=O)[O-])cc1. The maximum Gasteiger partial charge on any atom is 0.364 e. The van der Waals surface area contributed by atoms with Crippen LogP contribution >= 0.6 is 0 Å². The van der Waals surface area contributed by atoms with E-state index in [0.29, 0.717) is 35.8 Å². The van der Waals surface area contributed by atoms with Crippen molar-refractivity contribution < 1.29 is 24.3 Å². The Labute approximate surface area is 188 Å². The number of non-ortho nitro benzene ring substituents is 1. The zero-order chi connectivity index (χ0) is 23.4. The maximum absolute atomic E-state index is 12.9. The van der Waals surface area contributed by atoms with Gasteiger partial charge in [-0.1, -0.05) is 12.1 Å². The highest BCUT2D eigenvalue weighted by Crippen LogP contribution is 2.29. The molecule has 10 nitrogen and oxygen atoms in total. The highest BCUT2D eigenvalue weighted by Gasteiger charge is 2.21. The van der Waals surface area contributed by atoms with E-state index >= 15 is 0 Å². The minimum absolute atomic E-state index is 0.0287. The van der Waals surface area contributed by atoms with Gasteiger partial charge in [0, 0.05) is 30.7 Å². The molecule has 10 heteroatoms. The number of fused-ring (bicyclic) bond motifs is 1. The van der Waals surface area contributed by atoms with Crippen LogP contribution in [0.3, 0.4) is 0 Å². The lowest BCUT2D eigenvalue weighted by Gasteiger charge is -2.11. The number of carbonyl (C=O) groups is 1. The van der Waals surface area contributed by atoms with Gasteiger partial charge in [0.1, 0.15) is 11.5 Å². The number of ether oxygens (including phenoxy) is 2. The summed E-state index contributed by atoms with van der Waals surface area (Å²) in [6, 6.07) is 16.1. The molecule has 0 fully saturated rings. The van der Waals surface area contributed by atoms with Gasteiger partial charge in [-0.25, -0.2) is 14.3 Å². The summed E-state index contributed by atoms with van der Waals surface area (Å²) < 4.78 is 12.6. The minimum Gasteiger partial charge on any atom is -0.493 e. The normalized spacial score (nSPS) is 10.8. The Bertz CT molecular complexity index is 1320. The first-order valence-corrected chi connectivity index (χ1v) is 10.1. The fourth-order valence-electron chi connectivity index (χ4n) is 3.26. The number of aliphatic hydroxyl groups excluding tert-OH is 1. The number of aryl methyl sites for hydroxylation is 1. The number of rotatable bonds is 8. The van der Waals surface area contributed by atoms with Crippen LogP contribution in [0.25, 0.3) is 16.9 Å². The van der Waals surface area contributed by atoms with E-state index in [4.69, 9.17) is 14.6 Å². The highest BCUT2D eigenvalue weighted by atomic mass is 16.6. The van der Waals surface area contributed by atoms with Gasteiger partial charge < -0.3 is 14.6 Å². The van der Waals surface area contributed by atoms with Crippen LogP contribution in [-0.2, 0) is 0 Å². The third-order valence-corrected chi connectivity index (χ3v) is 4.83. The largest absolute Gasteiger partial charge is 0.493 e. The maximum atomic E-state index is 12.9. The average Bonchev–Trinajstić information content (AvgIpc) is 3.15. The van der Waals surface area contributed by atoms with E-state index in [0.717, 1.165) is 5.56 Å². The zero-order valence-electron chi connectivity index (χ0n) is 17.7. The molecule has 0 radical (unpaired) electrons. The van der Waals surface area contributed by atoms with Crippen molar-refractivity contribution in [1.29, 1.82) is 0 Å². The van der Waals surface area contributed by atoms with Crippen molar-refractivity contribution in [3.63, 3.8) is 0 Å². The number of aromatic nitrogens is 3. The number of para-hydroxylation sites is 1. The second kappa shape index (κ2) is 9.45. The smallest absolute Gasteiger partial charge is 0.364 e. The molecule has 0 atom stereocenters. The number of carbonyl (C=O) groups excluding carboxylic acids is 1. The predicted octanol–water partition coefficient (Wildman–Crippen LogP) is 3.59. The molecule has 0 saturated carbocycles. The van der Waals surface area contributed by atoms with Gasteiger partial charge in [0.15, 0.2) is 11.3 Å². The molecular weight excluding hydrogens is 428 g/mol. The fraction of sp³-hybridized carbons (Fsp3) is 0.174. The molecule has 0 amide bonds. The van der Waals surface area contributed by atoms with Crippen LogP contribution in [0.1, 0.15) is 22.6 Å². The van der Waals surface area contributed by atoms with E-state index < -0.39 is 10.9 Å². The molecule has 0 bridgehead atoms. The van der Waals surface area contributed by atoms with E-state index in [1.165, 1.54) is 28.8 Å². The molecule has 2 aromatic carbocycles. The van der Waals surface area contributed by atoms with Crippen molar-refractivity contribution in [1.82, 2.24) is 14.6 Å². The number of aliphatic hydroxyl groups is 1. The van der Waals surface area contributed by atoms with Gasteiger partial charge in [0.2, 0.25) is 0 Å². The van der Waals surface area contributed by atoms with Crippen LogP contribution in [0, 0.1) is 17.0 Å². The summed E-state index contributed by atoms with van der Waals surface area (Å²) in [5.74, 6) is 0.0781.